The van der Waals surface area contributed by atoms with E-state index in [2.05, 4.69) is 20.8 Å². The van der Waals surface area contributed by atoms with Crippen LogP contribution in [0.1, 0.15) is 35.6 Å². The molecule has 0 aliphatic carbocycles. The number of rotatable bonds is 10. The second-order valence-electron chi connectivity index (χ2n) is 7.37. The Balaban J connectivity index is 1.53. The van der Waals surface area contributed by atoms with Crippen molar-refractivity contribution in [2.24, 2.45) is 0 Å². The van der Waals surface area contributed by atoms with E-state index in [1.807, 2.05) is 42.7 Å². The SMILES string of the molecule is CCOC(=O)c1ccc(NC(=O)CSc2nnc(CC(=O)Nc3ccc(C)cc3)n2CC)cc1. The fourth-order valence-corrected chi connectivity index (χ4v) is 3.91. The molecule has 0 spiro atoms. The number of aromatic nitrogens is 3. The van der Waals surface area contributed by atoms with E-state index in [4.69, 9.17) is 4.74 Å². The van der Waals surface area contributed by atoms with E-state index < -0.39 is 5.97 Å². The first-order valence-electron chi connectivity index (χ1n) is 10.9. The normalized spacial score (nSPS) is 10.6. The number of nitrogens with zero attached hydrogens (tertiary/aromatic N) is 3. The van der Waals surface area contributed by atoms with E-state index >= 15 is 0 Å². The largest absolute Gasteiger partial charge is 0.462 e. The number of carbonyl (C=O) groups is 3. The number of hydrogen-bond acceptors (Lipinski definition) is 7. The Morgan fingerprint density at radius 2 is 1.53 bits per heavy atom. The van der Waals surface area contributed by atoms with Gasteiger partial charge in [-0.2, -0.15) is 0 Å². The van der Waals surface area contributed by atoms with E-state index in [-0.39, 0.29) is 24.0 Å². The molecule has 0 bridgehead atoms. The number of esters is 1. The molecule has 10 heteroatoms. The van der Waals surface area contributed by atoms with E-state index in [0.29, 0.717) is 35.4 Å². The van der Waals surface area contributed by atoms with Gasteiger partial charge in [0.2, 0.25) is 11.8 Å². The first kappa shape index (κ1) is 25.0. The second kappa shape index (κ2) is 12.0. The summed E-state index contributed by atoms with van der Waals surface area (Å²) in [5.41, 5.74) is 2.83. The van der Waals surface area contributed by atoms with Gasteiger partial charge in [0.25, 0.3) is 0 Å². The third-order valence-electron chi connectivity index (χ3n) is 4.78. The summed E-state index contributed by atoms with van der Waals surface area (Å²) in [6, 6.07) is 14.1. The van der Waals surface area contributed by atoms with Crippen LogP contribution in [0.25, 0.3) is 0 Å². The Labute approximate surface area is 202 Å². The molecule has 0 aliphatic heterocycles. The average molecular weight is 482 g/mol. The molecular formula is C24H27N5O4S. The van der Waals surface area contributed by atoms with Crippen LogP contribution in [0.2, 0.25) is 0 Å². The predicted molar refractivity (Wildman–Crippen MR) is 131 cm³/mol. The quantitative estimate of drug-likeness (QED) is 0.335. The van der Waals surface area contributed by atoms with Gasteiger partial charge < -0.3 is 19.9 Å². The molecule has 9 nitrogen and oxygen atoms in total. The van der Waals surface area contributed by atoms with Crippen LogP contribution in [0.3, 0.4) is 0 Å². The van der Waals surface area contributed by atoms with Crippen molar-refractivity contribution in [1.82, 2.24) is 14.8 Å². The van der Waals surface area contributed by atoms with Crippen LogP contribution in [0.15, 0.2) is 53.7 Å². The van der Waals surface area contributed by atoms with Gasteiger partial charge in [-0.1, -0.05) is 29.5 Å². The molecule has 0 unspecified atom stereocenters. The van der Waals surface area contributed by atoms with Crippen molar-refractivity contribution in [1.29, 1.82) is 0 Å². The lowest BCUT2D eigenvalue weighted by molar-refractivity contribution is -0.116. The zero-order chi connectivity index (χ0) is 24.5. The van der Waals surface area contributed by atoms with Crippen LogP contribution < -0.4 is 10.6 Å². The van der Waals surface area contributed by atoms with E-state index in [1.54, 1.807) is 31.2 Å². The maximum absolute atomic E-state index is 12.4. The summed E-state index contributed by atoms with van der Waals surface area (Å²) in [7, 11) is 0. The predicted octanol–water partition coefficient (Wildman–Crippen LogP) is 3.70. The van der Waals surface area contributed by atoms with Gasteiger partial charge in [-0.25, -0.2) is 4.79 Å². The molecule has 3 aromatic rings. The van der Waals surface area contributed by atoms with E-state index in [0.717, 1.165) is 11.3 Å². The molecule has 0 radical (unpaired) electrons. The Hall–Kier alpha value is -3.66. The van der Waals surface area contributed by atoms with Gasteiger partial charge >= 0.3 is 5.97 Å². The molecule has 34 heavy (non-hydrogen) atoms. The number of hydrogen-bond donors (Lipinski definition) is 2. The van der Waals surface area contributed by atoms with Crippen molar-refractivity contribution in [3.8, 4) is 0 Å². The van der Waals surface area contributed by atoms with E-state index in [9.17, 15) is 14.4 Å². The molecule has 0 saturated carbocycles. The van der Waals surface area contributed by atoms with Crippen molar-refractivity contribution >= 4 is 40.9 Å². The smallest absolute Gasteiger partial charge is 0.338 e. The number of anilines is 2. The van der Waals surface area contributed by atoms with Crippen molar-refractivity contribution in [2.75, 3.05) is 23.0 Å². The summed E-state index contributed by atoms with van der Waals surface area (Å²) in [6.07, 6.45) is 0.0777. The molecular weight excluding hydrogens is 454 g/mol. The summed E-state index contributed by atoms with van der Waals surface area (Å²) in [5.74, 6) is -0.166. The van der Waals surface area contributed by atoms with Crippen LogP contribution in [0, 0.1) is 6.92 Å². The summed E-state index contributed by atoms with van der Waals surface area (Å²) in [4.78, 5) is 36.5. The molecule has 0 atom stereocenters. The average Bonchev–Trinajstić information content (AvgIpc) is 3.21. The molecule has 2 amide bonds. The highest BCUT2D eigenvalue weighted by Crippen LogP contribution is 2.19. The standard InChI is InChI=1S/C24H27N5O4S/c1-4-29-20(14-21(30)25-18-10-6-16(3)7-11-18)27-28-24(29)34-15-22(31)26-19-12-8-17(9-13-19)23(32)33-5-2/h6-13H,4-5,14-15H2,1-3H3,(H,25,30)(H,26,31). The Morgan fingerprint density at radius 1 is 0.912 bits per heavy atom. The topological polar surface area (TPSA) is 115 Å². The molecule has 178 valence electrons. The number of amides is 2. The number of carbonyl (C=O) groups excluding carboxylic acids is 3. The van der Waals surface area contributed by atoms with Crippen molar-refractivity contribution in [3.05, 3.63) is 65.5 Å². The third kappa shape index (κ3) is 6.92. The molecule has 0 aliphatic rings. The Morgan fingerprint density at radius 3 is 2.15 bits per heavy atom. The lowest BCUT2D eigenvalue weighted by Crippen LogP contribution is -2.18. The van der Waals surface area contributed by atoms with E-state index in [1.165, 1.54) is 11.8 Å². The molecule has 2 aromatic carbocycles. The second-order valence-corrected chi connectivity index (χ2v) is 8.31. The molecule has 2 N–H and O–H groups in total. The van der Waals surface area contributed by atoms with Crippen LogP contribution in [-0.2, 0) is 27.3 Å². The van der Waals surface area contributed by atoms with Crippen molar-refractivity contribution in [3.63, 3.8) is 0 Å². The first-order chi connectivity index (χ1) is 16.4. The number of nitrogens with one attached hydrogen (secondary N) is 2. The van der Waals surface area contributed by atoms with Gasteiger partial charge in [0.15, 0.2) is 5.16 Å². The first-order valence-corrected chi connectivity index (χ1v) is 11.9. The fourth-order valence-electron chi connectivity index (χ4n) is 3.09. The number of aryl methyl sites for hydroxylation is 1. The molecule has 0 fully saturated rings. The van der Waals surface area contributed by atoms with Crippen LogP contribution in [-0.4, -0.2) is 44.9 Å². The minimum atomic E-state index is -0.404. The third-order valence-corrected chi connectivity index (χ3v) is 5.74. The molecule has 1 heterocycles. The molecule has 0 saturated heterocycles. The van der Waals surface area contributed by atoms with Gasteiger partial charge in [0, 0.05) is 17.9 Å². The van der Waals surface area contributed by atoms with Crippen LogP contribution >= 0.6 is 11.8 Å². The Bertz CT molecular complexity index is 1140. The minimum absolute atomic E-state index is 0.0777. The highest BCUT2D eigenvalue weighted by molar-refractivity contribution is 7.99. The van der Waals surface area contributed by atoms with Crippen LogP contribution in [0.5, 0.6) is 0 Å². The van der Waals surface area contributed by atoms with Gasteiger partial charge in [-0.3, -0.25) is 9.59 Å². The monoisotopic (exact) mass is 481 g/mol. The lowest BCUT2D eigenvalue weighted by Gasteiger charge is -2.09. The lowest BCUT2D eigenvalue weighted by atomic mass is 10.2. The summed E-state index contributed by atoms with van der Waals surface area (Å²) >= 11 is 1.24. The Kier molecular flexibility index (Phi) is 8.80. The van der Waals surface area contributed by atoms with Gasteiger partial charge in [-0.05, 0) is 57.2 Å². The number of ether oxygens (including phenoxy) is 1. The van der Waals surface area contributed by atoms with Crippen molar-refractivity contribution < 1.29 is 19.1 Å². The van der Waals surface area contributed by atoms with Crippen molar-refractivity contribution in [2.45, 2.75) is 38.9 Å². The molecule has 3 rings (SSSR count). The zero-order valence-electron chi connectivity index (χ0n) is 19.3. The number of benzene rings is 2. The maximum atomic E-state index is 12.4. The minimum Gasteiger partial charge on any atom is -0.462 e. The summed E-state index contributed by atoms with van der Waals surface area (Å²) < 4.78 is 6.77. The van der Waals surface area contributed by atoms with Gasteiger partial charge in [0.05, 0.1) is 24.3 Å². The van der Waals surface area contributed by atoms with Gasteiger partial charge in [0.1, 0.15) is 5.82 Å². The van der Waals surface area contributed by atoms with Gasteiger partial charge in [-0.15, -0.1) is 10.2 Å². The maximum Gasteiger partial charge on any atom is 0.338 e. The fraction of sp³-hybridized carbons (Fsp3) is 0.292. The molecule has 1 aromatic heterocycles. The summed E-state index contributed by atoms with van der Waals surface area (Å²) in [6.45, 7) is 6.53. The zero-order valence-corrected chi connectivity index (χ0v) is 20.1. The highest BCUT2D eigenvalue weighted by atomic mass is 32.2. The van der Waals surface area contributed by atoms with Crippen LogP contribution in [0.4, 0.5) is 11.4 Å². The number of thioether (sulfide) groups is 1. The summed E-state index contributed by atoms with van der Waals surface area (Å²) in [5, 5.41) is 14.5. The highest BCUT2D eigenvalue weighted by Gasteiger charge is 2.16.